The molecule has 1 aliphatic rings. The van der Waals surface area contributed by atoms with Gasteiger partial charge in [-0.15, -0.1) is 0 Å². The van der Waals surface area contributed by atoms with Crippen LogP contribution >= 0.6 is 11.3 Å². The standard InChI is InChI=1S/C25H32N6O3S/c1-4-10-26-23(33)17-8-11-30(12-9-17)25-29-22-21(35-25)24(34)31(15-27-22)14-20(32)28-19-7-5-6-18(13-19)16(2)3/h5-7,13,15-17H,4,8-12,14H2,1-3H3,(H,26,33)(H,28,32). The van der Waals surface area contributed by atoms with E-state index >= 15 is 0 Å². The second kappa shape index (κ2) is 11.0. The zero-order chi connectivity index (χ0) is 24.9. The molecule has 3 heterocycles. The molecule has 9 nitrogen and oxygen atoms in total. The molecule has 1 aromatic carbocycles. The van der Waals surface area contributed by atoms with Crippen LogP contribution in [0.4, 0.5) is 10.8 Å². The van der Waals surface area contributed by atoms with Crippen molar-refractivity contribution in [3.05, 3.63) is 46.5 Å². The van der Waals surface area contributed by atoms with E-state index in [1.165, 1.54) is 22.2 Å². The average molecular weight is 497 g/mol. The second-order valence-corrected chi connectivity index (χ2v) is 10.2. The molecule has 2 amide bonds. The van der Waals surface area contributed by atoms with E-state index < -0.39 is 0 Å². The van der Waals surface area contributed by atoms with Crippen LogP contribution in [0.5, 0.6) is 0 Å². The number of hydrogen-bond donors (Lipinski definition) is 2. The summed E-state index contributed by atoms with van der Waals surface area (Å²) < 4.78 is 1.75. The fourth-order valence-corrected chi connectivity index (χ4v) is 5.16. The van der Waals surface area contributed by atoms with Crippen LogP contribution in [-0.2, 0) is 16.1 Å². The second-order valence-electron chi connectivity index (χ2n) is 9.21. The highest BCUT2D eigenvalue weighted by atomic mass is 32.1. The maximum atomic E-state index is 13.0. The summed E-state index contributed by atoms with van der Waals surface area (Å²) in [5.74, 6) is 0.199. The highest BCUT2D eigenvalue weighted by molar-refractivity contribution is 7.22. The first kappa shape index (κ1) is 24.8. The average Bonchev–Trinajstić information content (AvgIpc) is 3.30. The Hall–Kier alpha value is -3.27. The third kappa shape index (κ3) is 5.87. The molecule has 1 saturated heterocycles. The highest BCUT2D eigenvalue weighted by Gasteiger charge is 2.26. The monoisotopic (exact) mass is 496 g/mol. The molecule has 0 radical (unpaired) electrons. The lowest BCUT2D eigenvalue weighted by Crippen LogP contribution is -2.40. The van der Waals surface area contributed by atoms with Gasteiger partial charge in [-0.25, -0.2) is 4.98 Å². The Labute approximate surface area is 208 Å². The topological polar surface area (TPSA) is 109 Å². The van der Waals surface area contributed by atoms with Gasteiger partial charge in [-0.3, -0.25) is 19.0 Å². The molecule has 1 fully saturated rings. The van der Waals surface area contributed by atoms with E-state index in [1.54, 1.807) is 0 Å². The van der Waals surface area contributed by atoms with Gasteiger partial charge in [-0.05, 0) is 42.9 Å². The minimum absolute atomic E-state index is 0.0160. The Bertz CT molecular complexity index is 1260. The Kier molecular flexibility index (Phi) is 7.80. The Morgan fingerprint density at radius 2 is 2.00 bits per heavy atom. The van der Waals surface area contributed by atoms with Crippen molar-refractivity contribution in [2.24, 2.45) is 5.92 Å². The van der Waals surface area contributed by atoms with E-state index in [1.807, 2.05) is 31.2 Å². The summed E-state index contributed by atoms with van der Waals surface area (Å²) in [6.45, 7) is 8.22. The van der Waals surface area contributed by atoms with Gasteiger partial charge in [0.15, 0.2) is 10.8 Å². The number of amides is 2. The summed E-state index contributed by atoms with van der Waals surface area (Å²) in [7, 11) is 0. The van der Waals surface area contributed by atoms with Crippen molar-refractivity contribution in [2.75, 3.05) is 29.9 Å². The van der Waals surface area contributed by atoms with Gasteiger partial charge in [0.1, 0.15) is 17.6 Å². The van der Waals surface area contributed by atoms with Crippen LogP contribution in [0.3, 0.4) is 0 Å². The van der Waals surface area contributed by atoms with Crippen LogP contribution in [0.2, 0.25) is 0 Å². The quantitative estimate of drug-likeness (QED) is 0.495. The van der Waals surface area contributed by atoms with Gasteiger partial charge in [-0.2, -0.15) is 4.98 Å². The van der Waals surface area contributed by atoms with E-state index in [4.69, 9.17) is 0 Å². The van der Waals surface area contributed by atoms with Crippen molar-refractivity contribution in [3.63, 3.8) is 0 Å². The fourth-order valence-electron chi connectivity index (χ4n) is 4.14. The van der Waals surface area contributed by atoms with Gasteiger partial charge >= 0.3 is 0 Å². The van der Waals surface area contributed by atoms with Crippen LogP contribution in [-0.4, -0.2) is 46.0 Å². The molecule has 4 rings (SSSR count). The normalized spacial score (nSPS) is 14.5. The van der Waals surface area contributed by atoms with E-state index in [0.717, 1.165) is 30.0 Å². The maximum absolute atomic E-state index is 13.0. The Morgan fingerprint density at radius 3 is 2.71 bits per heavy atom. The number of rotatable bonds is 8. The summed E-state index contributed by atoms with van der Waals surface area (Å²) >= 11 is 1.29. The number of anilines is 2. The number of hydrogen-bond acceptors (Lipinski definition) is 7. The maximum Gasteiger partial charge on any atom is 0.273 e. The van der Waals surface area contributed by atoms with E-state index in [9.17, 15) is 14.4 Å². The highest BCUT2D eigenvalue weighted by Crippen LogP contribution is 2.29. The molecule has 10 heteroatoms. The molecule has 0 aliphatic carbocycles. The molecule has 3 aromatic rings. The molecule has 0 atom stereocenters. The number of aromatic nitrogens is 3. The van der Waals surface area contributed by atoms with Crippen LogP contribution in [0.15, 0.2) is 35.4 Å². The minimum atomic E-state index is -0.290. The van der Waals surface area contributed by atoms with Gasteiger partial charge in [0.25, 0.3) is 5.56 Å². The third-order valence-electron chi connectivity index (χ3n) is 6.21. The lowest BCUT2D eigenvalue weighted by Gasteiger charge is -2.30. The lowest BCUT2D eigenvalue weighted by atomic mass is 9.96. The summed E-state index contributed by atoms with van der Waals surface area (Å²) in [5.41, 5.74) is 1.94. The molecule has 0 bridgehead atoms. The smallest absolute Gasteiger partial charge is 0.273 e. The van der Waals surface area contributed by atoms with Crippen molar-refractivity contribution in [2.45, 2.75) is 52.5 Å². The summed E-state index contributed by atoms with van der Waals surface area (Å²) in [5, 5.41) is 6.56. The first-order valence-corrected chi connectivity index (χ1v) is 13.0. The van der Waals surface area contributed by atoms with Crippen molar-refractivity contribution in [3.8, 4) is 0 Å². The Morgan fingerprint density at radius 1 is 1.23 bits per heavy atom. The predicted octanol–water partition coefficient (Wildman–Crippen LogP) is 3.36. The zero-order valence-electron chi connectivity index (χ0n) is 20.4. The third-order valence-corrected chi connectivity index (χ3v) is 7.30. The largest absolute Gasteiger partial charge is 0.356 e. The SMILES string of the molecule is CCCNC(=O)C1CCN(c2nc3ncn(CC(=O)Nc4cccc(C(C)C)c4)c(=O)c3s2)CC1. The zero-order valence-corrected chi connectivity index (χ0v) is 21.2. The number of carbonyl (C=O) groups excluding carboxylic acids is 2. The van der Waals surface area contributed by atoms with E-state index in [-0.39, 0.29) is 29.8 Å². The fraction of sp³-hybridized carbons (Fsp3) is 0.480. The molecule has 35 heavy (non-hydrogen) atoms. The molecule has 186 valence electrons. The summed E-state index contributed by atoms with van der Waals surface area (Å²) in [6.07, 6.45) is 3.80. The molecular weight excluding hydrogens is 464 g/mol. The van der Waals surface area contributed by atoms with Crippen LogP contribution in [0, 0.1) is 5.92 Å². The molecule has 2 N–H and O–H groups in total. The summed E-state index contributed by atoms with van der Waals surface area (Å²) in [4.78, 5) is 48.9. The number of fused-ring (bicyclic) bond motifs is 1. The lowest BCUT2D eigenvalue weighted by molar-refractivity contribution is -0.125. The van der Waals surface area contributed by atoms with Gasteiger partial charge < -0.3 is 15.5 Å². The molecule has 0 spiro atoms. The van der Waals surface area contributed by atoms with Gasteiger partial charge in [0.05, 0.1) is 0 Å². The van der Waals surface area contributed by atoms with E-state index in [0.29, 0.717) is 41.6 Å². The number of piperidine rings is 1. The number of carbonyl (C=O) groups is 2. The van der Waals surface area contributed by atoms with E-state index in [2.05, 4.69) is 39.3 Å². The minimum Gasteiger partial charge on any atom is -0.356 e. The molecule has 1 aliphatic heterocycles. The number of nitrogens with zero attached hydrogens (tertiary/aromatic N) is 4. The first-order valence-electron chi connectivity index (χ1n) is 12.1. The van der Waals surface area contributed by atoms with Crippen LogP contribution in [0.1, 0.15) is 51.5 Å². The van der Waals surface area contributed by atoms with Crippen molar-refractivity contribution in [1.82, 2.24) is 19.9 Å². The van der Waals surface area contributed by atoms with Gasteiger partial charge in [0.2, 0.25) is 11.8 Å². The van der Waals surface area contributed by atoms with Crippen molar-refractivity contribution >= 4 is 44.3 Å². The molecule has 0 unspecified atom stereocenters. The number of benzene rings is 1. The van der Waals surface area contributed by atoms with Crippen molar-refractivity contribution < 1.29 is 9.59 Å². The summed E-state index contributed by atoms with van der Waals surface area (Å²) in [6, 6.07) is 7.71. The number of nitrogens with one attached hydrogen (secondary N) is 2. The molecule has 2 aromatic heterocycles. The van der Waals surface area contributed by atoms with Crippen LogP contribution < -0.4 is 21.1 Å². The molecular formula is C25H32N6O3S. The predicted molar refractivity (Wildman–Crippen MR) is 139 cm³/mol. The molecule has 0 saturated carbocycles. The van der Waals surface area contributed by atoms with Gasteiger partial charge in [-0.1, -0.05) is 44.2 Å². The Balaban J connectivity index is 1.42. The number of thiazole rings is 1. The van der Waals surface area contributed by atoms with Crippen LogP contribution in [0.25, 0.3) is 10.3 Å². The van der Waals surface area contributed by atoms with Crippen molar-refractivity contribution in [1.29, 1.82) is 0 Å². The first-order chi connectivity index (χ1) is 16.9. The van der Waals surface area contributed by atoms with Gasteiger partial charge in [0, 0.05) is 31.2 Å².